The molecule has 1 aromatic heterocycles. The van der Waals surface area contributed by atoms with Crippen molar-refractivity contribution in [3.8, 4) is 11.4 Å². The Bertz CT molecular complexity index is 1520. The third-order valence-electron chi connectivity index (χ3n) is 5.80. The Morgan fingerprint density at radius 1 is 1.03 bits per heavy atom. The fourth-order valence-corrected chi connectivity index (χ4v) is 5.18. The van der Waals surface area contributed by atoms with Gasteiger partial charge in [0.25, 0.3) is 5.56 Å². The zero-order valence-electron chi connectivity index (χ0n) is 19.2. The molecule has 0 bridgehead atoms. The van der Waals surface area contributed by atoms with Crippen LogP contribution in [0.25, 0.3) is 16.6 Å². The van der Waals surface area contributed by atoms with Crippen LogP contribution < -0.4 is 10.3 Å². The van der Waals surface area contributed by atoms with E-state index >= 15 is 0 Å². The van der Waals surface area contributed by atoms with Crippen LogP contribution in [0.1, 0.15) is 24.4 Å². The largest absolute Gasteiger partial charge is 0.497 e. The number of nitrogens with zero attached hydrogens (tertiary/aromatic N) is 3. The van der Waals surface area contributed by atoms with Crippen LogP contribution in [0.5, 0.6) is 5.75 Å². The minimum atomic E-state index is -3.85. The summed E-state index contributed by atoms with van der Waals surface area (Å²) in [5, 5.41) is 0.746. The highest BCUT2D eigenvalue weighted by Gasteiger charge is 2.30. The van der Waals surface area contributed by atoms with Crippen molar-refractivity contribution >= 4 is 32.5 Å². The number of fused-ring (bicyclic) bond motifs is 1. The van der Waals surface area contributed by atoms with E-state index in [2.05, 4.69) is 0 Å². The molecule has 176 valence electrons. The monoisotopic (exact) mass is 497 g/mol. The third kappa shape index (κ3) is 4.32. The van der Waals surface area contributed by atoms with Crippen LogP contribution in [0, 0.1) is 6.92 Å². The summed E-state index contributed by atoms with van der Waals surface area (Å²) in [6, 6.07) is 17.6. The number of aryl methyl sites for hydroxylation is 1. The van der Waals surface area contributed by atoms with E-state index in [0.29, 0.717) is 27.4 Å². The number of aromatic nitrogens is 2. The average Bonchev–Trinajstić information content (AvgIpc) is 2.83. The van der Waals surface area contributed by atoms with E-state index in [-0.39, 0.29) is 16.3 Å². The van der Waals surface area contributed by atoms with Gasteiger partial charge in [0.15, 0.2) is 0 Å². The molecule has 3 aromatic carbocycles. The molecule has 0 saturated heterocycles. The molecular weight excluding hydrogens is 474 g/mol. The number of hydrogen-bond acceptors (Lipinski definition) is 5. The number of ether oxygens (including phenoxy) is 1. The predicted molar refractivity (Wildman–Crippen MR) is 133 cm³/mol. The Kier molecular flexibility index (Phi) is 6.49. The second-order valence-electron chi connectivity index (χ2n) is 7.98. The van der Waals surface area contributed by atoms with Gasteiger partial charge in [0.05, 0.1) is 34.6 Å². The van der Waals surface area contributed by atoms with Crippen molar-refractivity contribution in [1.29, 1.82) is 0 Å². The normalized spacial score (nSPS) is 12.8. The molecule has 9 heteroatoms. The lowest BCUT2D eigenvalue weighted by Crippen LogP contribution is -2.35. The molecule has 1 unspecified atom stereocenters. The van der Waals surface area contributed by atoms with Crippen LogP contribution in [0.15, 0.2) is 76.4 Å². The molecule has 1 heterocycles. The van der Waals surface area contributed by atoms with E-state index in [1.165, 1.54) is 15.9 Å². The summed E-state index contributed by atoms with van der Waals surface area (Å²) in [6.07, 6.45) is 0. The van der Waals surface area contributed by atoms with Crippen molar-refractivity contribution < 1.29 is 13.2 Å². The smallest absolute Gasteiger partial charge is 0.266 e. The first-order valence-electron chi connectivity index (χ1n) is 10.5. The molecule has 4 rings (SSSR count). The molecule has 0 amide bonds. The first kappa shape index (κ1) is 23.9. The van der Waals surface area contributed by atoms with Gasteiger partial charge in [0.1, 0.15) is 11.6 Å². The van der Waals surface area contributed by atoms with Crippen LogP contribution >= 0.6 is 11.6 Å². The summed E-state index contributed by atoms with van der Waals surface area (Å²) in [5.74, 6) is 0.908. The van der Waals surface area contributed by atoms with E-state index in [1.54, 1.807) is 80.8 Å². The van der Waals surface area contributed by atoms with Gasteiger partial charge in [-0.2, -0.15) is 4.31 Å². The highest BCUT2D eigenvalue weighted by molar-refractivity contribution is 7.89. The minimum absolute atomic E-state index is 0.165. The number of hydrogen-bond donors (Lipinski definition) is 0. The Labute approximate surface area is 203 Å². The quantitative estimate of drug-likeness (QED) is 0.384. The lowest BCUT2D eigenvalue weighted by atomic mass is 10.2. The summed E-state index contributed by atoms with van der Waals surface area (Å²) in [7, 11) is -0.811. The Morgan fingerprint density at radius 2 is 1.68 bits per heavy atom. The zero-order valence-corrected chi connectivity index (χ0v) is 20.8. The summed E-state index contributed by atoms with van der Waals surface area (Å²) in [4.78, 5) is 18.5. The summed E-state index contributed by atoms with van der Waals surface area (Å²) >= 11 is 6.14. The maximum atomic E-state index is 13.6. The lowest BCUT2D eigenvalue weighted by Gasteiger charge is -2.26. The second kappa shape index (κ2) is 9.21. The Balaban J connectivity index is 1.91. The minimum Gasteiger partial charge on any atom is -0.497 e. The van der Waals surface area contributed by atoms with Crippen LogP contribution in [-0.4, -0.2) is 36.4 Å². The van der Waals surface area contributed by atoms with Gasteiger partial charge in [-0.3, -0.25) is 9.36 Å². The third-order valence-corrected chi connectivity index (χ3v) is 7.98. The number of sulfonamides is 1. The highest BCUT2D eigenvalue weighted by Crippen LogP contribution is 2.28. The van der Waals surface area contributed by atoms with Crippen LogP contribution in [-0.2, 0) is 10.0 Å². The van der Waals surface area contributed by atoms with E-state index in [4.69, 9.17) is 21.3 Å². The van der Waals surface area contributed by atoms with Crippen molar-refractivity contribution in [2.75, 3.05) is 14.2 Å². The summed E-state index contributed by atoms with van der Waals surface area (Å²) < 4.78 is 34.6. The molecule has 0 fully saturated rings. The molecule has 1 atom stereocenters. The molecular formula is C25H24ClN3O4S. The van der Waals surface area contributed by atoms with Gasteiger partial charge >= 0.3 is 0 Å². The number of benzene rings is 3. The van der Waals surface area contributed by atoms with E-state index in [0.717, 1.165) is 5.56 Å². The van der Waals surface area contributed by atoms with Crippen molar-refractivity contribution in [3.05, 3.63) is 93.5 Å². The fraction of sp³-hybridized carbons (Fsp3) is 0.200. The molecule has 4 aromatic rings. The SMILES string of the molecule is COc1ccc(-n2c(C(C)N(C)S(=O)(=O)c3ccc(C)cc3)nc3ccc(Cl)cc3c2=O)cc1. The van der Waals surface area contributed by atoms with Crippen LogP contribution in [0.3, 0.4) is 0 Å². The summed E-state index contributed by atoms with van der Waals surface area (Å²) in [6.45, 7) is 3.59. The zero-order chi connectivity index (χ0) is 24.6. The van der Waals surface area contributed by atoms with Gasteiger partial charge in [0, 0.05) is 12.1 Å². The number of rotatable bonds is 6. The van der Waals surface area contributed by atoms with E-state index < -0.39 is 16.1 Å². The van der Waals surface area contributed by atoms with Gasteiger partial charge in [0.2, 0.25) is 10.0 Å². The molecule has 34 heavy (non-hydrogen) atoms. The van der Waals surface area contributed by atoms with Crippen LogP contribution in [0.4, 0.5) is 0 Å². The van der Waals surface area contributed by atoms with Gasteiger partial charge in [-0.15, -0.1) is 0 Å². The van der Waals surface area contributed by atoms with E-state index in [9.17, 15) is 13.2 Å². The standard InChI is InChI=1S/C25H24ClN3O4S/c1-16-5-12-21(13-6-16)34(31,32)28(3)17(2)24-27-23-14-7-18(26)15-22(23)25(30)29(24)19-8-10-20(33-4)11-9-19/h5-15,17H,1-4H3. The fourth-order valence-electron chi connectivity index (χ4n) is 3.68. The van der Waals surface area contributed by atoms with Gasteiger partial charge in [-0.1, -0.05) is 29.3 Å². The average molecular weight is 498 g/mol. The van der Waals surface area contributed by atoms with E-state index in [1.807, 2.05) is 6.92 Å². The van der Waals surface area contributed by atoms with Gasteiger partial charge in [-0.25, -0.2) is 13.4 Å². The van der Waals surface area contributed by atoms with Gasteiger partial charge in [-0.05, 0) is 68.4 Å². The molecule has 0 saturated carbocycles. The maximum Gasteiger partial charge on any atom is 0.266 e. The highest BCUT2D eigenvalue weighted by atomic mass is 35.5. The van der Waals surface area contributed by atoms with Crippen molar-refractivity contribution in [1.82, 2.24) is 13.9 Å². The molecule has 0 spiro atoms. The first-order chi connectivity index (χ1) is 16.1. The summed E-state index contributed by atoms with van der Waals surface area (Å²) in [5.41, 5.74) is 1.57. The van der Waals surface area contributed by atoms with Crippen molar-refractivity contribution in [2.24, 2.45) is 0 Å². The maximum absolute atomic E-state index is 13.6. The Morgan fingerprint density at radius 3 is 2.29 bits per heavy atom. The van der Waals surface area contributed by atoms with Gasteiger partial charge < -0.3 is 4.74 Å². The topological polar surface area (TPSA) is 81.5 Å². The number of halogens is 1. The predicted octanol–water partition coefficient (Wildman–Crippen LogP) is 4.74. The van der Waals surface area contributed by atoms with Crippen molar-refractivity contribution in [2.45, 2.75) is 24.8 Å². The van der Waals surface area contributed by atoms with Crippen molar-refractivity contribution in [3.63, 3.8) is 0 Å². The molecule has 0 N–H and O–H groups in total. The first-order valence-corrected chi connectivity index (χ1v) is 12.4. The van der Waals surface area contributed by atoms with Crippen LogP contribution in [0.2, 0.25) is 5.02 Å². The lowest BCUT2D eigenvalue weighted by molar-refractivity contribution is 0.379. The molecule has 0 aliphatic carbocycles. The molecule has 7 nitrogen and oxygen atoms in total. The number of methoxy groups -OCH3 is 1. The molecule has 0 aliphatic heterocycles. The second-order valence-corrected chi connectivity index (χ2v) is 10.4. The Hall–Kier alpha value is -3.20. The molecule has 0 aliphatic rings. The molecule has 0 radical (unpaired) electrons.